The van der Waals surface area contributed by atoms with Gasteiger partial charge < -0.3 is 5.32 Å². The summed E-state index contributed by atoms with van der Waals surface area (Å²) in [5.74, 6) is 0. The van der Waals surface area contributed by atoms with Crippen molar-refractivity contribution in [2.45, 2.75) is 26.8 Å². The van der Waals surface area contributed by atoms with Gasteiger partial charge in [0.15, 0.2) is 0 Å². The second kappa shape index (κ2) is 4.02. The molecule has 0 spiro atoms. The summed E-state index contributed by atoms with van der Waals surface area (Å²) in [5.41, 5.74) is 6.06. The first-order chi connectivity index (χ1) is 7.18. The smallest absolute Gasteiger partial charge is 0.0825 e. The molecule has 2 heterocycles. The number of aromatic amines is 1. The van der Waals surface area contributed by atoms with Crippen LogP contribution in [-0.2, 0) is 0 Å². The molecule has 15 heavy (non-hydrogen) atoms. The third-order valence-electron chi connectivity index (χ3n) is 2.38. The van der Waals surface area contributed by atoms with Gasteiger partial charge in [0.1, 0.15) is 0 Å². The maximum absolute atomic E-state index is 4.28. The fourth-order valence-corrected chi connectivity index (χ4v) is 2.14. The van der Waals surface area contributed by atoms with E-state index in [-0.39, 0.29) is 6.04 Å². The number of hydrogen-bond acceptors (Lipinski definition) is 4. The van der Waals surface area contributed by atoms with Gasteiger partial charge in [0.25, 0.3) is 0 Å². The molecule has 0 aromatic carbocycles. The highest BCUT2D eigenvalue weighted by molar-refractivity contribution is 7.07. The molecule has 2 aromatic rings. The Morgan fingerprint density at radius 1 is 1.47 bits per heavy atom. The fourth-order valence-electron chi connectivity index (χ4n) is 1.49. The van der Waals surface area contributed by atoms with Gasteiger partial charge in [-0.25, -0.2) is 4.98 Å². The van der Waals surface area contributed by atoms with E-state index >= 15 is 0 Å². The van der Waals surface area contributed by atoms with Crippen LogP contribution in [0.25, 0.3) is 0 Å². The van der Waals surface area contributed by atoms with Crippen LogP contribution in [0.1, 0.15) is 30.0 Å². The first-order valence-corrected chi connectivity index (χ1v) is 5.79. The first kappa shape index (κ1) is 10.2. The lowest BCUT2D eigenvalue weighted by Crippen LogP contribution is -2.08. The largest absolute Gasteiger partial charge is 0.374 e. The zero-order chi connectivity index (χ0) is 10.8. The van der Waals surface area contributed by atoms with Crippen molar-refractivity contribution in [3.8, 4) is 0 Å². The van der Waals surface area contributed by atoms with Crippen molar-refractivity contribution >= 4 is 17.0 Å². The Bertz CT molecular complexity index is 413. The van der Waals surface area contributed by atoms with Gasteiger partial charge in [-0.2, -0.15) is 5.10 Å². The number of aromatic nitrogens is 3. The second-order valence-electron chi connectivity index (χ2n) is 3.59. The molecule has 1 atom stereocenters. The van der Waals surface area contributed by atoms with E-state index in [4.69, 9.17) is 0 Å². The van der Waals surface area contributed by atoms with Gasteiger partial charge in [-0.05, 0) is 20.8 Å². The molecule has 4 nitrogen and oxygen atoms in total. The van der Waals surface area contributed by atoms with Crippen LogP contribution in [0.3, 0.4) is 0 Å². The van der Waals surface area contributed by atoms with Gasteiger partial charge in [0.05, 0.1) is 34.3 Å². The standard InChI is InChI=1S/C10H14N4S/c1-6(9-4-15-5-11-9)12-10-7(2)13-14-8(10)3/h4-6,12H,1-3H3,(H,13,14). The fraction of sp³-hybridized carbons (Fsp3) is 0.400. The molecule has 0 aliphatic carbocycles. The van der Waals surface area contributed by atoms with Gasteiger partial charge in [-0.15, -0.1) is 11.3 Å². The Morgan fingerprint density at radius 3 is 2.80 bits per heavy atom. The predicted molar refractivity (Wildman–Crippen MR) is 62.2 cm³/mol. The summed E-state index contributed by atoms with van der Waals surface area (Å²) in [6.07, 6.45) is 0. The van der Waals surface area contributed by atoms with E-state index in [2.05, 4.69) is 32.8 Å². The lowest BCUT2D eigenvalue weighted by molar-refractivity contribution is 0.847. The molecule has 1 unspecified atom stereocenters. The molecule has 2 N–H and O–H groups in total. The maximum atomic E-state index is 4.28. The maximum Gasteiger partial charge on any atom is 0.0825 e. The van der Waals surface area contributed by atoms with Gasteiger partial charge in [-0.1, -0.05) is 0 Å². The molecule has 0 saturated heterocycles. The van der Waals surface area contributed by atoms with Gasteiger partial charge in [0, 0.05) is 5.38 Å². The quantitative estimate of drug-likeness (QED) is 0.839. The summed E-state index contributed by atoms with van der Waals surface area (Å²) < 4.78 is 0. The average molecular weight is 222 g/mol. The zero-order valence-corrected chi connectivity index (χ0v) is 9.85. The molecule has 80 valence electrons. The predicted octanol–water partition coefficient (Wildman–Crippen LogP) is 2.66. The number of nitrogens with zero attached hydrogens (tertiary/aromatic N) is 2. The van der Waals surface area contributed by atoms with Crippen LogP contribution in [0.4, 0.5) is 5.69 Å². The van der Waals surface area contributed by atoms with Crippen molar-refractivity contribution in [1.82, 2.24) is 15.2 Å². The summed E-state index contributed by atoms with van der Waals surface area (Å²) >= 11 is 1.61. The molecule has 0 aliphatic heterocycles. The molecule has 0 saturated carbocycles. The minimum atomic E-state index is 0.214. The minimum absolute atomic E-state index is 0.214. The Kier molecular flexibility index (Phi) is 2.73. The average Bonchev–Trinajstić information content (AvgIpc) is 2.82. The van der Waals surface area contributed by atoms with E-state index in [1.165, 1.54) is 0 Å². The molecule has 0 fully saturated rings. The molecule has 0 amide bonds. The molecule has 2 aromatic heterocycles. The summed E-state index contributed by atoms with van der Waals surface area (Å²) in [5, 5.41) is 12.6. The highest BCUT2D eigenvalue weighted by Gasteiger charge is 2.11. The van der Waals surface area contributed by atoms with E-state index < -0.39 is 0 Å². The number of nitrogens with one attached hydrogen (secondary N) is 2. The topological polar surface area (TPSA) is 53.6 Å². The van der Waals surface area contributed by atoms with Gasteiger partial charge in [0.2, 0.25) is 0 Å². The van der Waals surface area contributed by atoms with Crippen molar-refractivity contribution in [3.05, 3.63) is 28.0 Å². The van der Waals surface area contributed by atoms with Crippen LogP contribution in [0.2, 0.25) is 0 Å². The van der Waals surface area contributed by atoms with E-state index in [0.29, 0.717) is 0 Å². The third-order valence-corrected chi connectivity index (χ3v) is 2.99. The SMILES string of the molecule is Cc1n[nH]c(C)c1NC(C)c1cscn1. The summed E-state index contributed by atoms with van der Waals surface area (Å²) in [4.78, 5) is 4.28. The number of anilines is 1. The minimum Gasteiger partial charge on any atom is -0.374 e. The number of H-pyrrole nitrogens is 1. The summed E-state index contributed by atoms with van der Waals surface area (Å²) in [6.45, 7) is 6.09. The van der Waals surface area contributed by atoms with Crippen molar-refractivity contribution in [3.63, 3.8) is 0 Å². The van der Waals surface area contributed by atoms with Gasteiger partial charge >= 0.3 is 0 Å². The van der Waals surface area contributed by atoms with Crippen molar-refractivity contribution < 1.29 is 0 Å². The molecule has 0 bridgehead atoms. The Morgan fingerprint density at radius 2 is 2.27 bits per heavy atom. The molecule has 0 radical (unpaired) electrons. The summed E-state index contributed by atoms with van der Waals surface area (Å²) in [7, 11) is 0. The van der Waals surface area contributed by atoms with E-state index in [9.17, 15) is 0 Å². The number of hydrogen-bond donors (Lipinski definition) is 2. The third kappa shape index (κ3) is 2.02. The first-order valence-electron chi connectivity index (χ1n) is 4.84. The van der Waals surface area contributed by atoms with E-state index in [1.54, 1.807) is 11.3 Å². The highest BCUT2D eigenvalue weighted by atomic mass is 32.1. The highest BCUT2D eigenvalue weighted by Crippen LogP contribution is 2.23. The summed E-state index contributed by atoms with van der Waals surface area (Å²) in [6, 6.07) is 0.214. The van der Waals surface area contributed by atoms with Crippen LogP contribution >= 0.6 is 11.3 Å². The monoisotopic (exact) mass is 222 g/mol. The van der Waals surface area contributed by atoms with Crippen LogP contribution < -0.4 is 5.32 Å². The molecule has 0 aliphatic rings. The Labute approximate surface area is 92.8 Å². The number of thiazole rings is 1. The number of aryl methyl sites for hydroxylation is 2. The molecule has 5 heteroatoms. The lowest BCUT2D eigenvalue weighted by atomic mass is 10.2. The second-order valence-corrected chi connectivity index (χ2v) is 4.31. The molecule has 2 rings (SSSR count). The van der Waals surface area contributed by atoms with Crippen molar-refractivity contribution in [2.24, 2.45) is 0 Å². The van der Waals surface area contributed by atoms with Crippen LogP contribution in [0, 0.1) is 13.8 Å². The lowest BCUT2D eigenvalue weighted by Gasteiger charge is -2.12. The van der Waals surface area contributed by atoms with E-state index in [1.807, 2.05) is 19.4 Å². The van der Waals surface area contributed by atoms with Crippen LogP contribution in [0.5, 0.6) is 0 Å². The van der Waals surface area contributed by atoms with Crippen molar-refractivity contribution in [2.75, 3.05) is 5.32 Å². The van der Waals surface area contributed by atoms with Crippen LogP contribution in [-0.4, -0.2) is 15.2 Å². The van der Waals surface area contributed by atoms with Crippen molar-refractivity contribution in [1.29, 1.82) is 0 Å². The Hall–Kier alpha value is -1.36. The molecular formula is C10H14N4S. The van der Waals surface area contributed by atoms with Crippen LogP contribution in [0.15, 0.2) is 10.9 Å². The van der Waals surface area contributed by atoms with Gasteiger partial charge in [-0.3, -0.25) is 5.10 Å². The number of rotatable bonds is 3. The normalized spacial score (nSPS) is 12.7. The van der Waals surface area contributed by atoms with E-state index in [0.717, 1.165) is 22.8 Å². The molecular weight excluding hydrogens is 208 g/mol. The Balaban J connectivity index is 2.16. The zero-order valence-electron chi connectivity index (χ0n) is 9.03.